The molecule has 25 heavy (non-hydrogen) atoms. The third-order valence-corrected chi connectivity index (χ3v) is 4.39. The van der Waals surface area contributed by atoms with Crippen LogP contribution in [0.4, 0.5) is 4.39 Å². The van der Waals surface area contributed by atoms with Crippen molar-refractivity contribution >= 4 is 27.7 Å². The van der Waals surface area contributed by atoms with Crippen LogP contribution in [0.25, 0.3) is 0 Å². The molecule has 0 bridgehead atoms. The van der Waals surface area contributed by atoms with Crippen LogP contribution in [0.15, 0.2) is 53.0 Å². The minimum absolute atomic E-state index is 0.00530. The van der Waals surface area contributed by atoms with Gasteiger partial charge in [-0.2, -0.15) is 0 Å². The fraction of sp³-hybridized carbons (Fsp3) is 0.222. The monoisotopic (exact) mass is 406 g/mol. The Morgan fingerprint density at radius 1 is 1.28 bits per heavy atom. The van der Waals surface area contributed by atoms with Gasteiger partial charge in [0.1, 0.15) is 6.04 Å². The molecule has 0 aromatic heterocycles. The number of carbonyl (C=O) groups is 2. The predicted molar refractivity (Wildman–Crippen MR) is 93.5 cm³/mol. The molecule has 2 aromatic carbocycles. The molecule has 0 radical (unpaired) electrons. The van der Waals surface area contributed by atoms with E-state index >= 15 is 0 Å². The van der Waals surface area contributed by atoms with E-state index in [0.29, 0.717) is 17.6 Å². The van der Waals surface area contributed by atoms with Crippen molar-refractivity contribution in [3.63, 3.8) is 0 Å². The normalized spacial score (nSPS) is 17.1. The molecule has 130 valence electrons. The Hall–Kier alpha value is -2.41. The second-order valence-electron chi connectivity index (χ2n) is 5.55. The average molecular weight is 407 g/mol. The zero-order valence-corrected chi connectivity index (χ0v) is 14.8. The Morgan fingerprint density at radius 3 is 2.76 bits per heavy atom. The molecule has 1 N–H and O–H groups in total. The Labute approximate surface area is 152 Å². The Morgan fingerprint density at radius 2 is 2.04 bits per heavy atom. The summed E-state index contributed by atoms with van der Waals surface area (Å²) < 4.78 is 19.7. The summed E-state index contributed by atoms with van der Waals surface area (Å²) in [6.45, 7) is 0.409. The molecule has 1 aliphatic rings. The second kappa shape index (κ2) is 7.65. The van der Waals surface area contributed by atoms with Gasteiger partial charge in [0.2, 0.25) is 5.91 Å². The first-order valence-electron chi connectivity index (χ1n) is 7.76. The Bertz CT molecular complexity index is 785. The van der Waals surface area contributed by atoms with Crippen LogP contribution < -0.4 is 10.1 Å². The van der Waals surface area contributed by atoms with Crippen molar-refractivity contribution in [3.8, 4) is 5.75 Å². The number of halogens is 2. The molecule has 3 rings (SSSR count). The molecule has 1 aliphatic heterocycles. The maximum atomic E-state index is 13.8. The molecule has 1 saturated heterocycles. The third-order valence-electron chi connectivity index (χ3n) is 3.89. The summed E-state index contributed by atoms with van der Waals surface area (Å²) in [5, 5.41) is 2.77. The van der Waals surface area contributed by atoms with E-state index in [1.54, 1.807) is 18.2 Å². The lowest BCUT2D eigenvalue weighted by Gasteiger charge is -2.35. The summed E-state index contributed by atoms with van der Waals surface area (Å²) >= 11 is 3.16. The topological polar surface area (TPSA) is 58.6 Å². The van der Waals surface area contributed by atoms with E-state index in [1.807, 2.05) is 18.2 Å². The maximum absolute atomic E-state index is 13.8. The van der Waals surface area contributed by atoms with Crippen LogP contribution >= 0.6 is 15.9 Å². The van der Waals surface area contributed by atoms with Crippen molar-refractivity contribution in [2.45, 2.75) is 6.04 Å². The van der Waals surface area contributed by atoms with Crippen molar-refractivity contribution in [1.82, 2.24) is 10.2 Å². The molecule has 7 heteroatoms. The number of hydrogen-bond donors (Lipinski definition) is 1. The van der Waals surface area contributed by atoms with E-state index < -0.39 is 11.9 Å². The highest BCUT2D eigenvalue weighted by molar-refractivity contribution is 9.10. The number of carbonyl (C=O) groups excluding carboxylic acids is 2. The van der Waals surface area contributed by atoms with Gasteiger partial charge in [-0.05, 0) is 23.8 Å². The van der Waals surface area contributed by atoms with Gasteiger partial charge < -0.3 is 15.0 Å². The van der Waals surface area contributed by atoms with Gasteiger partial charge in [0.15, 0.2) is 18.2 Å². The van der Waals surface area contributed by atoms with Crippen LogP contribution in [0.3, 0.4) is 0 Å². The van der Waals surface area contributed by atoms with E-state index in [1.165, 1.54) is 17.0 Å². The molecule has 2 aromatic rings. The van der Waals surface area contributed by atoms with Crippen molar-refractivity contribution in [3.05, 3.63) is 64.4 Å². The van der Waals surface area contributed by atoms with Crippen LogP contribution in [0.1, 0.15) is 11.6 Å². The summed E-state index contributed by atoms with van der Waals surface area (Å²) in [5.74, 6) is -1.17. The van der Waals surface area contributed by atoms with E-state index in [-0.39, 0.29) is 24.2 Å². The predicted octanol–water partition coefficient (Wildman–Crippen LogP) is 2.67. The van der Waals surface area contributed by atoms with Crippen molar-refractivity contribution in [2.75, 3.05) is 19.7 Å². The second-order valence-corrected chi connectivity index (χ2v) is 6.47. The average Bonchev–Trinajstić information content (AvgIpc) is 2.61. The number of nitrogens with one attached hydrogen (secondary N) is 1. The number of amides is 2. The summed E-state index contributed by atoms with van der Waals surface area (Å²) in [5.41, 5.74) is 0.725. The van der Waals surface area contributed by atoms with Crippen molar-refractivity contribution in [1.29, 1.82) is 0 Å². The molecule has 1 fully saturated rings. The molecule has 5 nitrogen and oxygen atoms in total. The lowest BCUT2D eigenvalue weighted by molar-refractivity contribution is -0.145. The number of nitrogens with zero attached hydrogens (tertiary/aromatic N) is 1. The number of hydrogen-bond acceptors (Lipinski definition) is 3. The van der Waals surface area contributed by atoms with Gasteiger partial charge in [0, 0.05) is 17.6 Å². The van der Waals surface area contributed by atoms with Gasteiger partial charge in [-0.15, -0.1) is 0 Å². The fourth-order valence-corrected chi connectivity index (χ4v) is 3.05. The molecule has 0 aliphatic carbocycles. The first-order valence-corrected chi connectivity index (χ1v) is 8.55. The maximum Gasteiger partial charge on any atom is 0.261 e. The summed E-state index contributed by atoms with van der Waals surface area (Å²) in [6, 6.07) is 12.7. The molecule has 0 saturated carbocycles. The molecular weight excluding hydrogens is 391 g/mol. The number of benzene rings is 2. The number of rotatable bonds is 4. The van der Waals surface area contributed by atoms with Gasteiger partial charge in [-0.25, -0.2) is 4.39 Å². The lowest BCUT2D eigenvalue weighted by atomic mass is 10.0. The highest BCUT2D eigenvalue weighted by Gasteiger charge is 2.34. The molecular formula is C18H16BrFN2O3. The van der Waals surface area contributed by atoms with E-state index in [2.05, 4.69) is 21.2 Å². The van der Waals surface area contributed by atoms with E-state index in [0.717, 1.165) is 5.56 Å². The van der Waals surface area contributed by atoms with Gasteiger partial charge in [0.05, 0.1) is 0 Å². The Kier molecular flexibility index (Phi) is 5.33. The third kappa shape index (κ3) is 3.99. The summed E-state index contributed by atoms with van der Waals surface area (Å²) in [6.07, 6.45) is 0. The minimum Gasteiger partial charge on any atom is -0.481 e. The summed E-state index contributed by atoms with van der Waals surface area (Å²) in [4.78, 5) is 26.3. The van der Waals surface area contributed by atoms with Gasteiger partial charge in [-0.1, -0.05) is 46.3 Å². The standard InChI is InChI=1S/C18H16BrFN2O3/c19-13-6-7-15(14(20)10-13)25-11-16(23)22-9-8-21-18(24)17(22)12-4-2-1-3-5-12/h1-7,10,17H,8-9,11H2,(H,21,24)/t17-/m1/s1. The van der Waals surface area contributed by atoms with Crippen LogP contribution in [0.5, 0.6) is 5.75 Å². The van der Waals surface area contributed by atoms with E-state index in [9.17, 15) is 14.0 Å². The largest absolute Gasteiger partial charge is 0.481 e. The molecule has 0 spiro atoms. The first kappa shape index (κ1) is 17.4. The van der Waals surface area contributed by atoms with Crippen LogP contribution in [-0.4, -0.2) is 36.4 Å². The highest BCUT2D eigenvalue weighted by atomic mass is 79.9. The van der Waals surface area contributed by atoms with Crippen molar-refractivity contribution < 1.29 is 18.7 Å². The van der Waals surface area contributed by atoms with E-state index in [4.69, 9.17) is 4.74 Å². The molecule has 1 atom stereocenters. The van der Waals surface area contributed by atoms with Gasteiger partial charge in [-0.3, -0.25) is 9.59 Å². The molecule has 1 heterocycles. The lowest BCUT2D eigenvalue weighted by Crippen LogP contribution is -2.53. The Balaban J connectivity index is 1.74. The zero-order valence-electron chi connectivity index (χ0n) is 13.2. The van der Waals surface area contributed by atoms with Crippen molar-refractivity contribution in [2.24, 2.45) is 0 Å². The smallest absolute Gasteiger partial charge is 0.261 e. The highest BCUT2D eigenvalue weighted by Crippen LogP contribution is 2.24. The zero-order chi connectivity index (χ0) is 17.8. The number of ether oxygens (including phenoxy) is 1. The molecule has 0 unspecified atom stereocenters. The quantitative estimate of drug-likeness (QED) is 0.848. The van der Waals surface area contributed by atoms with Crippen LogP contribution in [0, 0.1) is 5.82 Å². The number of piperazine rings is 1. The SMILES string of the molecule is O=C1NCCN(C(=O)COc2ccc(Br)cc2F)[C@@H]1c1ccccc1. The summed E-state index contributed by atoms with van der Waals surface area (Å²) in [7, 11) is 0. The van der Waals surface area contributed by atoms with Gasteiger partial charge >= 0.3 is 0 Å². The van der Waals surface area contributed by atoms with Crippen LogP contribution in [-0.2, 0) is 9.59 Å². The van der Waals surface area contributed by atoms with Crippen LogP contribution in [0.2, 0.25) is 0 Å². The fourth-order valence-electron chi connectivity index (χ4n) is 2.72. The first-order chi connectivity index (χ1) is 12.1. The molecule has 2 amide bonds. The van der Waals surface area contributed by atoms with Gasteiger partial charge in [0.25, 0.3) is 5.91 Å². The minimum atomic E-state index is -0.708.